The smallest absolute Gasteiger partial charge is 0.307 e. The summed E-state index contributed by atoms with van der Waals surface area (Å²) in [6.45, 7) is 2.19. The van der Waals surface area contributed by atoms with E-state index in [0.717, 1.165) is 18.4 Å². The highest BCUT2D eigenvalue weighted by Crippen LogP contribution is 2.45. The molecule has 1 heterocycles. The predicted molar refractivity (Wildman–Crippen MR) is 75.9 cm³/mol. The average Bonchev–Trinajstić information content (AvgIpc) is 3.26. The van der Waals surface area contributed by atoms with Gasteiger partial charge >= 0.3 is 6.18 Å². The zero-order chi connectivity index (χ0) is 15.1. The molecule has 116 valence electrons. The third kappa shape index (κ3) is 3.24. The third-order valence-electron chi connectivity index (χ3n) is 4.86. The number of nitrogens with one attached hydrogen (secondary N) is 1. The van der Waals surface area contributed by atoms with Gasteiger partial charge in [0.05, 0.1) is 6.54 Å². The van der Waals surface area contributed by atoms with Crippen molar-refractivity contribution in [1.29, 1.82) is 0 Å². The van der Waals surface area contributed by atoms with Crippen molar-refractivity contribution in [1.82, 2.24) is 10.2 Å². The minimum Gasteiger partial charge on any atom is -0.307 e. The van der Waals surface area contributed by atoms with Crippen LogP contribution >= 0.6 is 0 Å². The molecular formula is C16H21F3N2. The molecule has 0 amide bonds. The van der Waals surface area contributed by atoms with E-state index in [9.17, 15) is 13.2 Å². The lowest BCUT2D eigenvalue weighted by molar-refractivity contribution is -0.165. The lowest BCUT2D eigenvalue weighted by atomic mass is 9.88. The summed E-state index contributed by atoms with van der Waals surface area (Å²) in [6, 6.07) is 9.71. The highest BCUT2D eigenvalue weighted by Gasteiger charge is 2.51. The number of nitrogens with zero attached hydrogens (tertiary/aromatic N) is 1. The maximum Gasteiger partial charge on any atom is 0.401 e. The van der Waals surface area contributed by atoms with Crippen molar-refractivity contribution in [3.8, 4) is 0 Å². The molecule has 0 bridgehead atoms. The highest BCUT2D eigenvalue weighted by molar-refractivity contribution is 5.21. The molecule has 2 atom stereocenters. The first kappa shape index (κ1) is 14.9. The van der Waals surface area contributed by atoms with Crippen molar-refractivity contribution in [2.45, 2.75) is 37.5 Å². The molecule has 0 aromatic heterocycles. The van der Waals surface area contributed by atoms with Gasteiger partial charge in [-0.05, 0) is 31.2 Å². The molecule has 1 aliphatic carbocycles. The SMILES string of the molecule is CC1(C2CC2)CNC(c2ccccc2)CN1CC(F)(F)F. The molecule has 1 aliphatic heterocycles. The first-order chi connectivity index (χ1) is 9.88. The fourth-order valence-corrected chi connectivity index (χ4v) is 3.41. The van der Waals surface area contributed by atoms with Crippen molar-refractivity contribution in [3.05, 3.63) is 35.9 Å². The minimum atomic E-state index is -4.14. The summed E-state index contributed by atoms with van der Waals surface area (Å²) >= 11 is 0. The van der Waals surface area contributed by atoms with E-state index in [1.807, 2.05) is 37.3 Å². The van der Waals surface area contributed by atoms with E-state index >= 15 is 0 Å². The van der Waals surface area contributed by atoms with Crippen LogP contribution in [0.15, 0.2) is 30.3 Å². The fourth-order valence-electron chi connectivity index (χ4n) is 3.41. The van der Waals surface area contributed by atoms with Crippen molar-refractivity contribution in [3.63, 3.8) is 0 Å². The van der Waals surface area contributed by atoms with Gasteiger partial charge in [0.15, 0.2) is 0 Å². The van der Waals surface area contributed by atoms with E-state index in [1.54, 1.807) is 4.90 Å². The Morgan fingerprint density at radius 1 is 1.24 bits per heavy atom. The number of rotatable bonds is 3. The molecule has 21 heavy (non-hydrogen) atoms. The van der Waals surface area contributed by atoms with Gasteiger partial charge in [0, 0.05) is 24.7 Å². The normalized spacial score (nSPS) is 31.3. The van der Waals surface area contributed by atoms with Crippen LogP contribution < -0.4 is 5.32 Å². The van der Waals surface area contributed by atoms with Gasteiger partial charge in [-0.25, -0.2) is 0 Å². The molecule has 5 heteroatoms. The number of piperazine rings is 1. The van der Waals surface area contributed by atoms with Crippen LogP contribution in [0.2, 0.25) is 0 Å². The highest BCUT2D eigenvalue weighted by atomic mass is 19.4. The van der Waals surface area contributed by atoms with Crippen molar-refractivity contribution in [2.24, 2.45) is 5.92 Å². The summed E-state index contributed by atoms with van der Waals surface area (Å²) in [5, 5.41) is 3.45. The van der Waals surface area contributed by atoms with E-state index in [-0.39, 0.29) is 11.6 Å². The summed E-state index contributed by atoms with van der Waals surface area (Å²) in [7, 11) is 0. The topological polar surface area (TPSA) is 15.3 Å². The molecule has 1 N–H and O–H groups in total. The van der Waals surface area contributed by atoms with Gasteiger partial charge in [-0.1, -0.05) is 30.3 Å². The first-order valence-corrected chi connectivity index (χ1v) is 7.49. The van der Waals surface area contributed by atoms with E-state index in [2.05, 4.69) is 5.32 Å². The van der Waals surface area contributed by atoms with Crippen LogP contribution in [0, 0.1) is 5.92 Å². The van der Waals surface area contributed by atoms with Gasteiger partial charge in [0.1, 0.15) is 0 Å². The Labute approximate surface area is 123 Å². The van der Waals surface area contributed by atoms with Gasteiger partial charge in [-0.15, -0.1) is 0 Å². The quantitative estimate of drug-likeness (QED) is 0.920. The van der Waals surface area contributed by atoms with Crippen molar-refractivity contribution in [2.75, 3.05) is 19.6 Å². The lowest BCUT2D eigenvalue weighted by Crippen LogP contribution is -2.63. The number of hydrogen-bond donors (Lipinski definition) is 1. The Morgan fingerprint density at radius 2 is 1.90 bits per heavy atom. The van der Waals surface area contributed by atoms with E-state index < -0.39 is 12.7 Å². The Morgan fingerprint density at radius 3 is 2.48 bits per heavy atom. The molecule has 0 spiro atoms. The number of benzene rings is 1. The van der Waals surface area contributed by atoms with Crippen LogP contribution in [0.5, 0.6) is 0 Å². The molecule has 2 fully saturated rings. The van der Waals surface area contributed by atoms with Crippen LogP contribution in [-0.4, -0.2) is 36.2 Å². The van der Waals surface area contributed by atoms with Crippen LogP contribution in [-0.2, 0) is 0 Å². The van der Waals surface area contributed by atoms with Gasteiger partial charge < -0.3 is 5.32 Å². The molecule has 0 radical (unpaired) electrons. The molecular weight excluding hydrogens is 277 g/mol. The Balaban J connectivity index is 1.79. The zero-order valence-electron chi connectivity index (χ0n) is 12.2. The van der Waals surface area contributed by atoms with Crippen LogP contribution in [0.3, 0.4) is 0 Å². The van der Waals surface area contributed by atoms with Gasteiger partial charge in [-0.3, -0.25) is 4.90 Å². The van der Waals surface area contributed by atoms with Gasteiger partial charge in [-0.2, -0.15) is 13.2 Å². The maximum absolute atomic E-state index is 12.9. The molecule has 1 saturated carbocycles. The standard InChI is InChI=1S/C16H21F3N2/c1-15(13-7-8-13)10-20-14(12-5-3-2-4-6-12)9-21(15)11-16(17,18)19/h2-6,13-14,20H,7-11H2,1H3. The number of halogens is 3. The largest absolute Gasteiger partial charge is 0.401 e. The monoisotopic (exact) mass is 298 g/mol. The van der Waals surface area contributed by atoms with Crippen LogP contribution in [0.4, 0.5) is 13.2 Å². The first-order valence-electron chi connectivity index (χ1n) is 7.49. The number of hydrogen-bond acceptors (Lipinski definition) is 2. The summed E-state index contributed by atoms with van der Waals surface area (Å²) in [6.07, 6.45) is -2.06. The summed E-state index contributed by atoms with van der Waals surface area (Å²) < 4.78 is 38.8. The van der Waals surface area contributed by atoms with Crippen LogP contribution in [0.25, 0.3) is 0 Å². The lowest BCUT2D eigenvalue weighted by Gasteiger charge is -2.49. The molecule has 1 aromatic carbocycles. The Kier molecular flexibility index (Phi) is 3.74. The molecule has 2 unspecified atom stereocenters. The van der Waals surface area contributed by atoms with E-state index in [0.29, 0.717) is 19.0 Å². The predicted octanol–water partition coefficient (Wildman–Crippen LogP) is 3.36. The molecule has 1 aromatic rings. The molecule has 3 rings (SSSR count). The van der Waals surface area contributed by atoms with Crippen LogP contribution in [0.1, 0.15) is 31.4 Å². The van der Waals surface area contributed by atoms with Gasteiger partial charge in [0.25, 0.3) is 0 Å². The summed E-state index contributed by atoms with van der Waals surface area (Å²) in [4.78, 5) is 1.65. The Bertz CT molecular complexity index is 484. The Hall–Kier alpha value is -1.07. The second-order valence-corrected chi connectivity index (χ2v) is 6.47. The fraction of sp³-hybridized carbons (Fsp3) is 0.625. The zero-order valence-corrected chi connectivity index (χ0v) is 12.2. The summed E-state index contributed by atoms with van der Waals surface area (Å²) in [5.74, 6) is 0.393. The second-order valence-electron chi connectivity index (χ2n) is 6.47. The molecule has 1 saturated heterocycles. The minimum absolute atomic E-state index is 0.0274. The van der Waals surface area contributed by atoms with E-state index in [1.165, 1.54) is 0 Å². The average molecular weight is 298 g/mol. The van der Waals surface area contributed by atoms with Crippen molar-refractivity contribution >= 4 is 0 Å². The molecule has 2 aliphatic rings. The van der Waals surface area contributed by atoms with E-state index in [4.69, 9.17) is 0 Å². The molecule has 2 nitrogen and oxygen atoms in total. The third-order valence-corrected chi connectivity index (χ3v) is 4.86. The number of alkyl halides is 3. The van der Waals surface area contributed by atoms with Gasteiger partial charge in [0.2, 0.25) is 0 Å². The second kappa shape index (κ2) is 5.29. The van der Waals surface area contributed by atoms with Crippen molar-refractivity contribution < 1.29 is 13.2 Å². The summed E-state index contributed by atoms with van der Waals surface area (Å²) in [5.41, 5.74) is 0.684. The maximum atomic E-state index is 12.9.